The van der Waals surface area contributed by atoms with Gasteiger partial charge in [-0.25, -0.2) is 0 Å². The minimum Gasteiger partial charge on any atom is -0.267 e. The fourth-order valence-electron chi connectivity index (χ4n) is 1.99. The molecule has 8 heteroatoms. The van der Waals surface area contributed by atoms with Crippen LogP contribution in [-0.2, 0) is 6.42 Å². The molecule has 0 fully saturated rings. The van der Waals surface area contributed by atoms with Gasteiger partial charge in [-0.2, -0.15) is 0 Å². The second-order valence-corrected chi connectivity index (χ2v) is 5.31. The number of halogens is 1. The number of nitrogens with zero attached hydrogens (tertiary/aromatic N) is 1. The number of amides is 2. The Bertz CT molecular complexity index is 790. The quantitative estimate of drug-likeness (QED) is 0.655. The first-order chi connectivity index (χ1) is 11.4. The standard InChI is InChI=1S/C16H14ClN3O4/c1-2-10-3-5-11(6-4-10)15(21)18-19-16(22)13-8-7-12(17)9-14(13)20(23)24/h3-9H,2H2,1H3,(H,18,21)(H,19,22). The van der Waals surface area contributed by atoms with Gasteiger partial charge in [0.2, 0.25) is 0 Å². The summed E-state index contributed by atoms with van der Waals surface area (Å²) in [5.41, 5.74) is 5.17. The van der Waals surface area contributed by atoms with Crippen LogP contribution in [0.15, 0.2) is 42.5 Å². The zero-order valence-electron chi connectivity index (χ0n) is 12.7. The first-order valence-corrected chi connectivity index (χ1v) is 7.43. The molecule has 2 amide bonds. The highest BCUT2D eigenvalue weighted by atomic mass is 35.5. The van der Waals surface area contributed by atoms with Crippen molar-refractivity contribution < 1.29 is 14.5 Å². The van der Waals surface area contributed by atoms with Gasteiger partial charge >= 0.3 is 0 Å². The summed E-state index contributed by atoms with van der Waals surface area (Å²) in [6.07, 6.45) is 0.846. The molecule has 2 aromatic carbocycles. The first-order valence-electron chi connectivity index (χ1n) is 7.06. The van der Waals surface area contributed by atoms with Crippen molar-refractivity contribution in [3.05, 3.63) is 74.3 Å². The molecule has 7 nitrogen and oxygen atoms in total. The molecule has 0 saturated heterocycles. The van der Waals surface area contributed by atoms with Crippen LogP contribution in [0.25, 0.3) is 0 Å². The second-order valence-electron chi connectivity index (χ2n) is 4.88. The van der Waals surface area contributed by atoms with E-state index in [1.54, 1.807) is 24.3 Å². The predicted octanol–water partition coefficient (Wildman–Crippen LogP) is 2.89. The Labute approximate surface area is 142 Å². The van der Waals surface area contributed by atoms with Crippen LogP contribution in [0.5, 0.6) is 0 Å². The summed E-state index contributed by atoms with van der Waals surface area (Å²) in [5.74, 6) is -1.33. The van der Waals surface area contributed by atoms with Crippen LogP contribution < -0.4 is 10.9 Å². The van der Waals surface area contributed by atoms with Gasteiger partial charge in [-0.05, 0) is 36.2 Å². The number of rotatable bonds is 4. The predicted molar refractivity (Wildman–Crippen MR) is 88.9 cm³/mol. The van der Waals surface area contributed by atoms with Crippen LogP contribution in [0.2, 0.25) is 5.02 Å². The van der Waals surface area contributed by atoms with Crippen LogP contribution in [-0.4, -0.2) is 16.7 Å². The van der Waals surface area contributed by atoms with Gasteiger partial charge in [-0.15, -0.1) is 0 Å². The van der Waals surface area contributed by atoms with Crippen molar-refractivity contribution in [2.24, 2.45) is 0 Å². The lowest BCUT2D eigenvalue weighted by Crippen LogP contribution is -2.41. The largest absolute Gasteiger partial charge is 0.283 e. The van der Waals surface area contributed by atoms with Gasteiger partial charge in [0, 0.05) is 16.7 Å². The molecule has 0 radical (unpaired) electrons. The Morgan fingerprint density at radius 2 is 1.71 bits per heavy atom. The van der Waals surface area contributed by atoms with Crippen LogP contribution >= 0.6 is 11.6 Å². The van der Waals surface area contributed by atoms with Crippen molar-refractivity contribution in [1.29, 1.82) is 0 Å². The zero-order chi connectivity index (χ0) is 17.7. The van der Waals surface area contributed by atoms with E-state index in [2.05, 4.69) is 10.9 Å². The fraction of sp³-hybridized carbons (Fsp3) is 0.125. The Morgan fingerprint density at radius 1 is 1.08 bits per heavy atom. The smallest absolute Gasteiger partial charge is 0.267 e. The average Bonchev–Trinajstić information content (AvgIpc) is 2.59. The Hall–Kier alpha value is -2.93. The third-order valence-electron chi connectivity index (χ3n) is 3.32. The van der Waals surface area contributed by atoms with Crippen molar-refractivity contribution in [2.45, 2.75) is 13.3 Å². The van der Waals surface area contributed by atoms with E-state index in [0.29, 0.717) is 5.56 Å². The van der Waals surface area contributed by atoms with E-state index in [1.165, 1.54) is 12.1 Å². The maximum atomic E-state index is 12.0. The van der Waals surface area contributed by atoms with E-state index >= 15 is 0 Å². The molecule has 24 heavy (non-hydrogen) atoms. The summed E-state index contributed by atoms with van der Waals surface area (Å²) in [5, 5.41) is 11.1. The molecule has 0 heterocycles. The number of nitro benzene ring substituents is 1. The molecule has 124 valence electrons. The van der Waals surface area contributed by atoms with E-state index in [9.17, 15) is 19.7 Å². The van der Waals surface area contributed by atoms with E-state index in [0.717, 1.165) is 18.1 Å². The lowest BCUT2D eigenvalue weighted by atomic mass is 10.1. The number of aryl methyl sites for hydroxylation is 1. The van der Waals surface area contributed by atoms with Crippen molar-refractivity contribution in [3.63, 3.8) is 0 Å². The molecule has 0 aliphatic heterocycles. The van der Waals surface area contributed by atoms with Crippen molar-refractivity contribution in [3.8, 4) is 0 Å². The van der Waals surface area contributed by atoms with E-state index in [-0.39, 0.29) is 10.6 Å². The molecule has 0 unspecified atom stereocenters. The lowest BCUT2D eigenvalue weighted by molar-refractivity contribution is -0.385. The molecule has 0 aliphatic carbocycles. The molecule has 0 aliphatic rings. The van der Waals surface area contributed by atoms with Crippen molar-refractivity contribution >= 4 is 29.1 Å². The number of hydrogen-bond donors (Lipinski definition) is 2. The normalized spacial score (nSPS) is 10.1. The summed E-state index contributed by atoms with van der Waals surface area (Å²) in [4.78, 5) is 34.3. The van der Waals surface area contributed by atoms with Gasteiger partial charge in [0.1, 0.15) is 5.56 Å². The van der Waals surface area contributed by atoms with Crippen LogP contribution in [0.4, 0.5) is 5.69 Å². The van der Waals surface area contributed by atoms with Crippen LogP contribution in [0, 0.1) is 10.1 Å². The number of carbonyl (C=O) groups excluding carboxylic acids is 2. The fourth-order valence-corrected chi connectivity index (χ4v) is 2.16. The molecule has 0 aromatic heterocycles. The molecule has 0 saturated carbocycles. The number of nitrogens with one attached hydrogen (secondary N) is 2. The molecule has 0 bridgehead atoms. The zero-order valence-corrected chi connectivity index (χ0v) is 13.5. The molecular formula is C16H14ClN3O4. The van der Waals surface area contributed by atoms with Gasteiger partial charge in [-0.3, -0.25) is 30.6 Å². The molecular weight excluding hydrogens is 334 g/mol. The van der Waals surface area contributed by atoms with E-state index in [4.69, 9.17) is 11.6 Å². The highest BCUT2D eigenvalue weighted by Crippen LogP contribution is 2.22. The SMILES string of the molecule is CCc1ccc(C(=O)NNC(=O)c2ccc(Cl)cc2[N+](=O)[O-])cc1. The third kappa shape index (κ3) is 4.08. The maximum Gasteiger partial charge on any atom is 0.283 e. The van der Waals surface area contributed by atoms with Gasteiger partial charge in [-0.1, -0.05) is 30.7 Å². The number of benzene rings is 2. The Kier molecular flexibility index (Phi) is 5.49. The minimum absolute atomic E-state index is 0.137. The van der Waals surface area contributed by atoms with Crippen LogP contribution in [0.1, 0.15) is 33.2 Å². The van der Waals surface area contributed by atoms with Crippen LogP contribution in [0.3, 0.4) is 0 Å². The number of nitro groups is 1. The van der Waals surface area contributed by atoms with Crippen molar-refractivity contribution in [1.82, 2.24) is 10.9 Å². The Morgan fingerprint density at radius 3 is 2.29 bits per heavy atom. The van der Waals surface area contributed by atoms with Gasteiger partial charge in [0.15, 0.2) is 0 Å². The monoisotopic (exact) mass is 347 g/mol. The molecule has 2 aromatic rings. The number of hydrogen-bond acceptors (Lipinski definition) is 4. The maximum absolute atomic E-state index is 12.0. The van der Waals surface area contributed by atoms with E-state index < -0.39 is 22.4 Å². The van der Waals surface area contributed by atoms with Gasteiger partial charge in [0.25, 0.3) is 17.5 Å². The summed E-state index contributed by atoms with van der Waals surface area (Å²) < 4.78 is 0. The van der Waals surface area contributed by atoms with Gasteiger partial charge < -0.3 is 0 Å². The lowest BCUT2D eigenvalue weighted by Gasteiger charge is -2.08. The molecule has 0 spiro atoms. The third-order valence-corrected chi connectivity index (χ3v) is 3.55. The number of carbonyl (C=O) groups is 2. The molecule has 2 N–H and O–H groups in total. The number of hydrazine groups is 1. The second kappa shape index (κ2) is 7.56. The summed E-state index contributed by atoms with van der Waals surface area (Å²) in [6, 6.07) is 10.5. The Balaban J connectivity index is 2.07. The van der Waals surface area contributed by atoms with E-state index in [1.807, 2.05) is 6.92 Å². The molecule has 0 atom stereocenters. The summed E-state index contributed by atoms with van der Waals surface area (Å²) >= 11 is 5.69. The highest BCUT2D eigenvalue weighted by molar-refractivity contribution is 6.31. The minimum atomic E-state index is -0.808. The highest BCUT2D eigenvalue weighted by Gasteiger charge is 2.21. The topological polar surface area (TPSA) is 101 Å². The van der Waals surface area contributed by atoms with Crippen molar-refractivity contribution in [2.75, 3.05) is 0 Å². The first kappa shape index (κ1) is 17.4. The summed E-state index contributed by atoms with van der Waals surface area (Å²) in [6.45, 7) is 1.99. The summed E-state index contributed by atoms with van der Waals surface area (Å²) in [7, 11) is 0. The van der Waals surface area contributed by atoms with Gasteiger partial charge in [0.05, 0.1) is 4.92 Å². The molecule has 2 rings (SSSR count). The average molecular weight is 348 g/mol.